The third-order valence-corrected chi connectivity index (χ3v) is 3.82. The lowest BCUT2D eigenvalue weighted by atomic mass is 10.1. The first-order valence-corrected chi connectivity index (χ1v) is 7.79. The topological polar surface area (TPSA) is 67.7 Å². The second-order valence-electron chi connectivity index (χ2n) is 5.56. The van der Waals surface area contributed by atoms with Crippen LogP contribution in [0.15, 0.2) is 36.4 Å². The molecule has 6 heteroatoms. The number of hydrogen-bond donors (Lipinski definition) is 1. The van der Waals surface area contributed by atoms with Gasteiger partial charge in [-0.3, -0.25) is 0 Å². The van der Waals surface area contributed by atoms with Crippen LogP contribution < -0.4 is 14.4 Å². The summed E-state index contributed by atoms with van der Waals surface area (Å²) in [5, 5.41) is 17.4. The highest BCUT2D eigenvalue weighted by Crippen LogP contribution is 2.31. The molecule has 3 rings (SSSR count). The molecule has 23 heavy (non-hydrogen) atoms. The van der Waals surface area contributed by atoms with E-state index in [-0.39, 0.29) is 12.7 Å². The van der Waals surface area contributed by atoms with Crippen molar-refractivity contribution in [3.8, 4) is 11.5 Å². The standard InChI is InChI=1S/C17H21N3O3/c1-20(10-11-21)17-9-7-13(18-19-17)6-8-14-12-22-15-4-2-3-5-16(15)23-14/h2-5,7,9,14,21H,6,8,10-12H2,1H3. The molecule has 1 aromatic carbocycles. The zero-order valence-electron chi connectivity index (χ0n) is 13.2. The van der Waals surface area contributed by atoms with Crippen LogP contribution in [0.2, 0.25) is 0 Å². The van der Waals surface area contributed by atoms with E-state index in [9.17, 15) is 0 Å². The van der Waals surface area contributed by atoms with Crippen LogP contribution in [-0.4, -0.2) is 48.2 Å². The molecule has 0 saturated heterocycles. The summed E-state index contributed by atoms with van der Waals surface area (Å²) >= 11 is 0. The fourth-order valence-electron chi connectivity index (χ4n) is 2.47. The first-order valence-electron chi connectivity index (χ1n) is 7.79. The van der Waals surface area contributed by atoms with E-state index >= 15 is 0 Å². The zero-order chi connectivity index (χ0) is 16.1. The van der Waals surface area contributed by atoms with E-state index in [1.165, 1.54) is 0 Å². The second kappa shape index (κ2) is 7.28. The number of hydrogen-bond acceptors (Lipinski definition) is 6. The number of likely N-dealkylation sites (N-methyl/N-ethyl adjacent to an activating group) is 1. The van der Waals surface area contributed by atoms with Crippen LogP contribution >= 0.6 is 0 Å². The normalized spacial score (nSPS) is 16.2. The van der Waals surface area contributed by atoms with Crippen LogP contribution in [-0.2, 0) is 6.42 Å². The molecule has 1 aliphatic rings. The van der Waals surface area contributed by atoms with E-state index < -0.39 is 0 Å². The predicted octanol–water partition coefficient (Wildman–Crippen LogP) is 1.68. The number of fused-ring (bicyclic) bond motifs is 1. The molecule has 6 nitrogen and oxygen atoms in total. The molecule has 0 fully saturated rings. The average Bonchev–Trinajstić information content (AvgIpc) is 2.60. The van der Waals surface area contributed by atoms with E-state index in [0.717, 1.165) is 35.9 Å². The van der Waals surface area contributed by atoms with Gasteiger partial charge in [0.25, 0.3) is 0 Å². The largest absolute Gasteiger partial charge is 0.486 e. The van der Waals surface area contributed by atoms with Gasteiger partial charge >= 0.3 is 0 Å². The number of benzene rings is 1. The Hall–Kier alpha value is -2.34. The Bertz CT molecular complexity index is 633. The van der Waals surface area contributed by atoms with Crippen molar-refractivity contribution in [2.45, 2.75) is 18.9 Å². The molecule has 0 saturated carbocycles. The summed E-state index contributed by atoms with van der Waals surface area (Å²) in [5.74, 6) is 2.37. The fraction of sp³-hybridized carbons (Fsp3) is 0.412. The van der Waals surface area contributed by atoms with E-state index in [0.29, 0.717) is 13.2 Å². The second-order valence-corrected chi connectivity index (χ2v) is 5.56. The predicted molar refractivity (Wildman–Crippen MR) is 87.1 cm³/mol. The molecule has 1 atom stereocenters. The quantitative estimate of drug-likeness (QED) is 0.875. The molecule has 2 aromatic rings. The Kier molecular flexibility index (Phi) is 4.92. The maximum atomic E-state index is 8.94. The number of anilines is 1. The maximum absolute atomic E-state index is 8.94. The number of aliphatic hydroxyl groups excluding tert-OH is 1. The molecular weight excluding hydrogens is 294 g/mol. The molecule has 1 unspecified atom stereocenters. The summed E-state index contributed by atoms with van der Waals surface area (Å²) in [7, 11) is 1.88. The third kappa shape index (κ3) is 3.90. The number of rotatable bonds is 6. The highest BCUT2D eigenvalue weighted by molar-refractivity contribution is 5.40. The molecule has 0 radical (unpaired) electrons. The highest BCUT2D eigenvalue weighted by Gasteiger charge is 2.20. The van der Waals surface area contributed by atoms with Gasteiger partial charge < -0.3 is 19.5 Å². The lowest BCUT2D eigenvalue weighted by Crippen LogP contribution is -2.29. The third-order valence-electron chi connectivity index (χ3n) is 3.82. The van der Waals surface area contributed by atoms with Crippen molar-refractivity contribution < 1.29 is 14.6 Å². The number of aliphatic hydroxyl groups is 1. The minimum atomic E-state index is 0.0310. The Morgan fingerprint density at radius 3 is 2.74 bits per heavy atom. The molecular formula is C17H21N3O3. The number of ether oxygens (including phenoxy) is 2. The van der Waals surface area contributed by atoms with Crippen LogP contribution in [0, 0.1) is 0 Å². The van der Waals surface area contributed by atoms with Gasteiger partial charge in [-0.1, -0.05) is 12.1 Å². The Labute approximate surface area is 135 Å². The molecule has 0 amide bonds. The number of nitrogens with zero attached hydrogens (tertiary/aromatic N) is 3. The lowest BCUT2D eigenvalue weighted by Gasteiger charge is -2.26. The first kappa shape index (κ1) is 15.6. The molecule has 2 heterocycles. The van der Waals surface area contributed by atoms with Gasteiger partial charge in [0.1, 0.15) is 12.7 Å². The van der Waals surface area contributed by atoms with Crippen molar-refractivity contribution in [2.75, 3.05) is 31.7 Å². The van der Waals surface area contributed by atoms with E-state index in [2.05, 4.69) is 10.2 Å². The number of para-hydroxylation sites is 2. The number of aromatic nitrogens is 2. The summed E-state index contributed by atoms with van der Waals surface area (Å²) in [6, 6.07) is 11.6. The van der Waals surface area contributed by atoms with Gasteiger partial charge in [0.2, 0.25) is 0 Å². The van der Waals surface area contributed by atoms with Gasteiger partial charge in [-0.25, -0.2) is 0 Å². The summed E-state index contributed by atoms with van der Waals surface area (Å²) in [5.41, 5.74) is 0.925. The van der Waals surface area contributed by atoms with Gasteiger partial charge in [-0.15, -0.1) is 5.10 Å². The van der Waals surface area contributed by atoms with Gasteiger partial charge in [-0.2, -0.15) is 5.10 Å². The van der Waals surface area contributed by atoms with Crippen LogP contribution in [0.3, 0.4) is 0 Å². The molecule has 122 valence electrons. The fourth-order valence-corrected chi connectivity index (χ4v) is 2.47. The minimum Gasteiger partial charge on any atom is -0.486 e. The van der Waals surface area contributed by atoms with Gasteiger partial charge in [0, 0.05) is 13.6 Å². The molecule has 0 bridgehead atoms. The molecule has 1 N–H and O–H groups in total. The SMILES string of the molecule is CN(CCO)c1ccc(CCC2COc3ccccc3O2)nn1. The van der Waals surface area contributed by atoms with Crippen molar-refractivity contribution in [1.29, 1.82) is 0 Å². The molecule has 1 aromatic heterocycles. The van der Waals surface area contributed by atoms with E-state index in [1.54, 1.807) is 0 Å². The zero-order valence-corrected chi connectivity index (χ0v) is 13.2. The van der Waals surface area contributed by atoms with Crippen molar-refractivity contribution >= 4 is 5.82 Å². The maximum Gasteiger partial charge on any atom is 0.161 e. The van der Waals surface area contributed by atoms with Crippen molar-refractivity contribution in [3.63, 3.8) is 0 Å². The molecule has 1 aliphatic heterocycles. The average molecular weight is 315 g/mol. The summed E-state index contributed by atoms with van der Waals surface area (Å²) in [6.07, 6.45) is 1.64. The number of aryl methyl sites for hydroxylation is 1. The van der Waals surface area contributed by atoms with Gasteiger partial charge in [0.15, 0.2) is 17.3 Å². The summed E-state index contributed by atoms with van der Waals surface area (Å²) < 4.78 is 11.6. The molecule has 0 spiro atoms. The summed E-state index contributed by atoms with van der Waals surface area (Å²) in [6.45, 7) is 1.20. The van der Waals surface area contributed by atoms with Gasteiger partial charge in [0.05, 0.1) is 12.3 Å². The van der Waals surface area contributed by atoms with Crippen molar-refractivity contribution in [2.24, 2.45) is 0 Å². The smallest absolute Gasteiger partial charge is 0.161 e. The van der Waals surface area contributed by atoms with Gasteiger partial charge in [-0.05, 0) is 37.1 Å². The van der Waals surface area contributed by atoms with Crippen molar-refractivity contribution in [3.05, 3.63) is 42.1 Å². The van der Waals surface area contributed by atoms with E-state index in [1.807, 2.05) is 48.3 Å². The van der Waals surface area contributed by atoms with Crippen LogP contribution in [0.5, 0.6) is 11.5 Å². The van der Waals surface area contributed by atoms with Crippen LogP contribution in [0.4, 0.5) is 5.82 Å². The molecule has 0 aliphatic carbocycles. The first-order chi connectivity index (χ1) is 11.3. The Morgan fingerprint density at radius 2 is 2.00 bits per heavy atom. The Morgan fingerprint density at radius 1 is 1.17 bits per heavy atom. The minimum absolute atomic E-state index is 0.0310. The lowest BCUT2D eigenvalue weighted by molar-refractivity contribution is 0.0849. The van der Waals surface area contributed by atoms with Crippen molar-refractivity contribution in [1.82, 2.24) is 10.2 Å². The monoisotopic (exact) mass is 315 g/mol. The summed E-state index contributed by atoms with van der Waals surface area (Å²) in [4.78, 5) is 1.87. The Balaban J connectivity index is 1.53. The van der Waals surface area contributed by atoms with E-state index in [4.69, 9.17) is 14.6 Å². The van der Waals surface area contributed by atoms with Crippen LogP contribution in [0.25, 0.3) is 0 Å². The highest BCUT2D eigenvalue weighted by atomic mass is 16.6. The van der Waals surface area contributed by atoms with Crippen LogP contribution in [0.1, 0.15) is 12.1 Å².